The van der Waals surface area contributed by atoms with Gasteiger partial charge in [0.05, 0.1) is 23.8 Å². The fraction of sp³-hybridized carbons (Fsp3) is 0.261. The highest BCUT2D eigenvalue weighted by molar-refractivity contribution is 5.98. The Kier molecular flexibility index (Phi) is 5.13. The summed E-state index contributed by atoms with van der Waals surface area (Å²) in [4.78, 5) is 35.0. The average molecular weight is 414 g/mol. The van der Waals surface area contributed by atoms with Gasteiger partial charge in [0, 0.05) is 49.5 Å². The van der Waals surface area contributed by atoms with Gasteiger partial charge in [-0.05, 0) is 37.4 Å². The summed E-state index contributed by atoms with van der Waals surface area (Å²) in [7, 11) is 2.12. The summed E-state index contributed by atoms with van der Waals surface area (Å²) >= 11 is 0. The Morgan fingerprint density at radius 3 is 2.74 bits per heavy atom. The number of likely N-dealkylation sites (N-methyl/N-ethyl adjacent to an activating group) is 1. The maximum atomic E-state index is 13.0. The van der Waals surface area contributed by atoms with Gasteiger partial charge < -0.3 is 14.2 Å². The van der Waals surface area contributed by atoms with Crippen LogP contribution in [-0.4, -0.2) is 63.8 Å². The van der Waals surface area contributed by atoms with E-state index in [4.69, 9.17) is 4.42 Å². The predicted octanol–water partition coefficient (Wildman–Crippen LogP) is 2.86. The van der Waals surface area contributed by atoms with Crippen molar-refractivity contribution >= 4 is 22.5 Å². The molecule has 0 radical (unpaired) electrons. The summed E-state index contributed by atoms with van der Waals surface area (Å²) in [6, 6.07) is 9.31. The van der Waals surface area contributed by atoms with Crippen molar-refractivity contribution in [2.75, 3.05) is 38.1 Å². The van der Waals surface area contributed by atoms with Gasteiger partial charge in [0.1, 0.15) is 11.5 Å². The smallest absolute Gasteiger partial charge is 0.181 e. The first-order valence-corrected chi connectivity index (χ1v) is 10.2. The molecule has 8 nitrogen and oxygen atoms in total. The fourth-order valence-corrected chi connectivity index (χ4v) is 3.70. The van der Waals surface area contributed by atoms with E-state index in [-0.39, 0.29) is 12.2 Å². The summed E-state index contributed by atoms with van der Waals surface area (Å²) in [6.45, 7) is 3.80. The van der Waals surface area contributed by atoms with Gasteiger partial charge in [-0.15, -0.1) is 0 Å². The Hall–Kier alpha value is -3.65. The van der Waals surface area contributed by atoms with Crippen LogP contribution >= 0.6 is 0 Å². The van der Waals surface area contributed by atoms with Crippen LogP contribution in [0.4, 0.5) is 5.82 Å². The Morgan fingerprint density at radius 1 is 1.06 bits per heavy atom. The van der Waals surface area contributed by atoms with Crippen molar-refractivity contribution in [1.29, 1.82) is 0 Å². The van der Waals surface area contributed by atoms with Crippen LogP contribution < -0.4 is 4.90 Å². The van der Waals surface area contributed by atoms with Gasteiger partial charge >= 0.3 is 0 Å². The Morgan fingerprint density at radius 2 is 1.94 bits per heavy atom. The number of piperazine rings is 1. The van der Waals surface area contributed by atoms with E-state index >= 15 is 0 Å². The molecule has 0 atom stereocenters. The van der Waals surface area contributed by atoms with Crippen LogP contribution in [-0.2, 0) is 6.42 Å². The Balaban J connectivity index is 1.35. The standard InChI is InChI=1S/C23H22N6O2/c1-28-6-8-29(9-7-28)23-10-16(4-5-25-23)21(30)12-18-11-20-17(13-26-18)2-3-19(27-20)22-14-24-15-31-22/h2-5,10-11,13-15H,6-9,12H2,1H3. The van der Waals surface area contributed by atoms with Crippen LogP contribution in [0.25, 0.3) is 22.4 Å². The third kappa shape index (κ3) is 4.15. The van der Waals surface area contributed by atoms with E-state index in [1.807, 2.05) is 24.3 Å². The minimum atomic E-state index is 0.0102. The molecule has 4 aromatic rings. The molecule has 4 aromatic heterocycles. The first-order valence-electron chi connectivity index (χ1n) is 10.2. The molecule has 31 heavy (non-hydrogen) atoms. The fourth-order valence-electron chi connectivity index (χ4n) is 3.70. The molecule has 5 heterocycles. The number of aromatic nitrogens is 4. The zero-order chi connectivity index (χ0) is 21.2. The quantitative estimate of drug-likeness (QED) is 0.461. The molecule has 0 N–H and O–H groups in total. The van der Waals surface area contributed by atoms with E-state index in [2.05, 4.69) is 36.8 Å². The number of carbonyl (C=O) groups is 1. The Labute approximate surface area is 179 Å². The van der Waals surface area contributed by atoms with Gasteiger partial charge in [-0.1, -0.05) is 0 Å². The zero-order valence-electron chi connectivity index (χ0n) is 17.2. The molecule has 8 heteroatoms. The SMILES string of the molecule is CN1CCN(c2cc(C(=O)Cc3cc4nc(-c5cnco5)ccc4cn3)ccn2)CC1. The topological polar surface area (TPSA) is 88.2 Å². The molecule has 0 amide bonds. The monoisotopic (exact) mass is 414 g/mol. The summed E-state index contributed by atoms with van der Waals surface area (Å²) < 4.78 is 5.33. The highest BCUT2D eigenvalue weighted by Gasteiger charge is 2.17. The molecule has 0 aromatic carbocycles. The normalized spacial score (nSPS) is 14.8. The lowest BCUT2D eigenvalue weighted by atomic mass is 10.1. The van der Waals surface area contributed by atoms with E-state index in [0.29, 0.717) is 22.7 Å². The molecular formula is C23H22N6O2. The number of hydrogen-bond acceptors (Lipinski definition) is 8. The molecule has 156 valence electrons. The molecular weight excluding hydrogens is 392 g/mol. The van der Waals surface area contributed by atoms with Gasteiger partial charge in [0.25, 0.3) is 0 Å². The average Bonchev–Trinajstić information content (AvgIpc) is 3.34. The van der Waals surface area contributed by atoms with Crippen LogP contribution in [0.2, 0.25) is 0 Å². The maximum absolute atomic E-state index is 13.0. The second-order valence-corrected chi connectivity index (χ2v) is 7.72. The van der Waals surface area contributed by atoms with Crippen molar-refractivity contribution in [3.63, 3.8) is 0 Å². The third-order valence-corrected chi connectivity index (χ3v) is 5.55. The number of carbonyl (C=O) groups excluding carboxylic acids is 1. The van der Waals surface area contributed by atoms with E-state index in [9.17, 15) is 4.79 Å². The van der Waals surface area contributed by atoms with Crippen molar-refractivity contribution in [2.24, 2.45) is 0 Å². The van der Waals surface area contributed by atoms with E-state index < -0.39 is 0 Å². The van der Waals surface area contributed by atoms with E-state index in [0.717, 1.165) is 42.9 Å². The lowest BCUT2D eigenvalue weighted by Crippen LogP contribution is -2.44. The number of oxazole rings is 1. The Bertz CT molecular complexity index is 1220. The zero-order valence-corrected chi connectivity index (χ0v) is 17.2. The van der Waals surface area contributed by atoms with Crippen LogP contribution in [0.1, 0.15) is 16.1 Å². The summed E-state index contributed by atoms with van der Waals surface area (Å²) in [5, 5.41) is 0.903. The number of hydrogen-bond donors (Lipinski definition) is 0. The van der Waals surface area contributed by atoms with Gasteiger partial charge in [0.15, 0.2) is 17.9 Å². The van der Waals surface area contributed by atoms with Crippen LogP contribution in [0.3, 0.4) is 0 Å². The molecule has 0 unspecified atom stereocenters. The number of rotatable bonds is 5. The number of nitrogens with zero attached hydrogens (tertiary/aromatic N) is 6. The number of pyridine rings is 3. The molecule has 1 aliphatic rings. The predicted molar refractivity (Wildman–Crippen MR) is 117 cm³/mol. The van der Waals surface area contributed by atoms with Crippen molar-refractivity contribution < 1.29 is 9.21 Å². The maximum Gasteiger partial charge on any atom is 0.181 e. The summed E-state index contributed by atoms with van der Waals surface area (Å²) in [5.74, 6) is 1.46. The van der Waals surface area contributed by atoms with E-state index in [1.54, 1.807) is 24.7 Å². The van der Waals surface area contributed by atoms with Crippen LogP contribution in [0.5, 0.6) is 0 Å². The largest absolute Gasteiger partial charge is 0.442 e. The van der Waals surface area contributed by atoms with Gasteiger partial charge in [-0.3, -0.25) is 9.78 Å². The van der Waals surface area contributed by atoms with Crippen molar-refractivity contribution in [1.82, 2.24) is 24.8 Å². The first-order chi connectivity index (χ1) is 15.2. The lowest BCUT2D eigenvalue weighted by molar-refractivity contribution is 0.0992. The summed E-state index contributed by atoms with van der Waals surface area (Å²) in [5.41, 5.74) is 2.78. The van der Waals surface area contributed by atoms with Gasteiger partial charge in [0.2, 0.25) is 0 Å². The molecule has 0 spiro atoms. The lowest BCUT2D eigenvalue weighted by Gasteiger charge is -2.33. The highest BCUT2D eigenvalue weighted by atomic mass is 16.3. The highest BCUT2D eigenvalue weighted by Crippen LogP contribution is 2.21. The van der Waals surface area contributed by atoms with E-state index in [1.165, 1.54) is 6.39 Å². The van der Waals surface area contributed by atoms with Gasteiger partial charge in [-0.2, -0.15) is 0 Å². The molecule has 1 aliphatic heterocycles. The molecule has 5 rings (SSSR count). The van der Waals surface area contributed by atoms with Gasteiger partial charge in [-0.25, -0.2) is 15.0 Å². The number of Topliss-reactive ketones (excluding diaryl/α,β-unsaturated/α-hetero) is 1. The third-order valence-electron chi connectivity index (χ3n) is 5.55. The minimum absolute atomic E-state index is 0.0102. The van der Waals surface area contributed by atoms with Crippen LogP contribution in [0.15, 0.2) is 59.7 Å². The molecule has 1 fully saturated rings. The first kappa shape index (κ1) is 19.3. The van der Waals surface area contributed by atoms with Crippen LogP contribution in [0, 0.1) is 0 Å². The van der Waals surface area contributed by atoms with Crippen molar-refractivity contribution in [2.45, 2.75) is 6.42 Å². The summed E-state index contributed by atoms with van der Waals surface area (Å²) in [6.07, 6.45) is 6.66. The number of anilines is 1. The minimum Gasteiger partial charge on any atom is -0.442 e. The number of fused-ring (bicyclic) bond motifs is 1. The van der Waals surface area contributed by atoms with Crippen molar-refractivity contribution in [3.05, 3.63) is 66.6 Å². The molecule has 0 aliphatic carbocycles. The molecule has 0 saturated carbocycles. The number of ketones is 1. The van der Waals surface area contributed by atoms with Crippen molar-refractivity contribution in [3.8, 4) is 11.5 Å². The second kappa shape index (κ2) is 8.23. The second-order valence-electron chi connectivity index (χ2n) is 7.72. The molecule has 1 saturated heterocycles. The molecule has 0 bridgehead atoms.